The Labute approximate surface area is 106 Å². The summed E-state index contributed by atoms with van der Waals surface area (Å²) in [6, 6.07) is 3.92. The normalized spacial score (nSPS) is 11.2. The SMILES string of the molecule is Cc1cc(SCCS(C)(=O)=O)c(C#N)c(C)n1. The molecule has 0 aliphatic heterocycles. The van der Waals surface area contributed by atoms with Crippen molar-refractivity contribution >= 4 is 21.6 Å². The third kappa shape index (κ3) is 4.36. The fourth-order valence-electron chi connectivity index (χ4n) is 1.35. The van der Waals surface area contributed by atoms with E-state index in [2.05, 4.69) is 11.1 Å². The first-order chi connectivity index (χ1) is 7.83. The van der Waals surface area contributed by atoms with Crippen LogP contribution in [-0.4, -0.2) is 31.2 Å². The van der Waals surface area contributed by atoms with Crippen LogP contribution in [0.3, 0.4) is 0 Å². The molecule has 1 heterocycles. The van der Waals surface area contributed by atoms with Crippen molar-refractivity contribution in [2.24, 2.45) is 0 Å². The summed E-state index contributed by atoms with van der Waals surface area (Å²) in [7, 11) is -2.95. The highest BCUT2D eigenvalue weighted by molar-refractivity contribution is 8.00. The second kappa shape index (κ2) is 5.52. The molecule has 0 fully saturated rings. The Balaban J connectivity index is 2.88. The Morgan fingerprint density at radius 2 is 2.12 bits per heavy atom. The number of hydrogen-bond donors (Lipinski definition) is 0. The summed E-state index contributed by atoms with van der Waals surface area (Å²) >= 11 is 1.39. The van der Waals surface area contributed by atoms with E-state index in [1.807, 2.05) is 13.0 Å². The molecule has 17 heavy (non-hydrogen) atoms. The van der Waals surface area contributed by atoms with E-state index in [9.17, 15) is 8.42 Å². The standard InChI is InChI=1S/C11H14N2O2S2/c1-8-6-11(10(7-12)9(2)13-8)16-4-5-17(3,14)15/h6H,4-5H2,1-3H3. The Hall–Kier alpha value is -1.06. The second-order valence-corrected chi connectivity index (χ2v) is 7.21. The fraction of sp³-hybridized carbons (Fsp3) is 0.455. The van der Waals surface area contributed by atoms with Crippen molar-refractivity contribution in [2.75, 3.05) is 17.8 Å². The topological polar surface area (TPSA) is 70.8 Å². The maximum atomic E-state index is 11.0. The van der Waals surface area contributed by atoms with Crippen molar-refractivity contribution < 1.29 is 8.42 Å². The Morgan fingerprint density at radius 1 is 1.47 bits per heavy atom. The molecule has 92 valence electrons. The summed E-state index contributed by atoms with van der Waals surface area (Å²) in [6.07, 6.45) is 1.21. The molecule has 1 aromatic heterocycles. The predicted molar refractivity (Wildman–Crippen MR) is 68.9 cm³/mol. The van der Waals surface area contributed by atoms with Crippen molar-refractivity contribution in [1.29, 1.82) is 5.26 Å². The van der Waals surface area contributed by atoms with Crippen LogP contribution in [0.25, 0.3) is 0 Å². The van der Waals surface area contributed by atoms with Crippen LogP contribution in [0.2, 0.25) is 0 Å². The number of nitriles is 1. The largest absolute Gasteiger partial charge is 0.257 e. The van der Waals surface area contributed by atoms with Gasteiger partial charge >= 0.3 is 0 Å². The molecule has 0 aliphatic carbocycles. The van der Waals surface area contributed by atoms with Gasteiger partial charge in [-0.2, -0.15) is 5.26 Å². The monoisotopic (exact) mass is 270 g/mol. The predicted octanol–water partition coefficient (Wildman–Crippen LogP) is 1.71. The summed E-state index contributed by atoms with van der Waals surface area (Å²) in [4.78, 5) is 5.01. The average molecular weight is 270 g/mol. The van der Waals surface area contributed by atoms with Crippen LogP contribution in [-0.2, 0) is 9.84 Å². The number of aryl methyl sites for hydroxylation is 2. The third-order valence-electron chi connectivity index (χ3n) is 2.12. The molecule has 4 nitrogen and oxygen atoms in total. The lowest BCUT2D eigenvalue weighted by molar-refractivity contribution is 0.603. The van der Waals surface area contributed by atoms with E-state index in [1.54, 1.807) is 6.92 Å². The Bertz CT molecular complexity index is 560. The molecule has 0 bridgehead atoms. The highest BCUT2D eigenvalue weighted by Crippen LogP contribution is 2.24. The second-order valence-electron chi connectivity index (χ2n) is 3.81. The van der Waals surface area contributed by atoms with Gasteiger partial charge in [0.15, 0.2) is 0 Å². The van der Waals surface area contributed by atoms with Gasteiger partial charge in [-0.1, -0.05) is 0 Å². The number of aromatic nitrogens is 1. The van der Waals surface area contributed by atoms with Crippen molar-refractivity contribution in [3.8, 4) is 6.07 Å². The molecule has 0 saturated carbocycles. The number of sulfone groups is 1. The number of pyridine rings is 1. The van der Waals surface area contributed by atoms with E-state index in [0.29, 0.717) is 17.0 Å². The first-order valence-corrected chi connectivity index (χ1v) is 8.07. The van der Waals surface area contributed by atoms with Crippen LogP contribution in [0.4, 0.5) is 0 Å². The van der Waals surface area contributed by atoms with Gasteiger partial charge in [0.1, 0.15) is 15.9 Å². The molecule has 0 aromatic carbocycles. The molecule has 1 rings (SSSR count). The molecule has 0 spiro atoms. The lowest BCUT2D eigenvalue weighted by Gasteiger charge is -2.07. The van der Waals surface area contributed by atoms with Gasteiger partial charge in [0.25, 0.3) is 0 Å². The summed E-state index contributed by atoms with van der Waals surface area (Å²) in [5.74, 6) is 0.569. The van der Waals surface area contributed by atoms with Crippen molar-refractivity contribution in [1.82, 2.24) is 4.98 Å². The number of hydrogen-bond acceptors (Lipinski definition) is 5. The molecule has 0 aliphatic rings. The van der Waals surface area contributed by atoms with Crippen LogP contribution in [0, 0.1) is 25.2 Å². The smallest absolute Gasteiger partial charge is 0.148 e. The van der Waals surface area contributed by atoms with Gasteiger partial charge in [-0.05, 0) is 19.9 Å². The van der Waals surface area contributed by atoms with Gasteiger partial charge in [-0.15, -0.1) is 11.8 Å². The highest BCUT2D eigenvalue weighted by Gasteiger charge is 2.10. The first kappa shape index (κ1) is 14.0. The molecular formula is C11H14N2O2S2. The van der Waals surface area contributed by atoms with Crippen molar-refractivity contribution in [2.45, 2.75) is 18.7 Å². The summed E-state index contributed by atoms with van der Waals surface area (Å²) in [5.41, 5.74) is 2.06. The van der Waals surface area contributed by atoms with Gasteiger partial charge in [0.2, 0.25) is 0 Å². The van der Waals surface area contributed by atoms with E-state index in [1.165, 1.54) is 18.0 Å². The Morgan fingerprint density at radius 3 is 2.65 bits per heavy atom. The summed E-state index contributed by atoms with van der Waals surface area (Å²) in [5, 5.41) is 9.03. The number of rotatable bonds is 4. The van der Waals surface area contributed by atoms with Gasteiger partial charge in [-0.3, -0.25) is 4.98 Å². The first-order valence-electron chi connectivity index (χ1n) is 5.02. The lowest BCUT2D eigenvalue weighted by atomic mass is 10.2. The quantitative estimate of drug-likeness (QED) is 0.779. The van der Waals surface area contributed by atoms with E-state index in [4.69, 9.17) is 5.26 Å². The summed E-state index contributed by atoms with van der Waals surface area (Å²) in [6.45, 7) is 3.64. The number of nitrogens with zero attached hydrogens (tertiary/aromatic N) is 2. The van der Waals surface area contributed by atoms with Crippen LogP contribution < -0.4 is 0 Å². The van der Waals surface area contributed by atoms with Gasteiger partial charge in [-0.25, -0.2) is 8.42 Å². The van der Waals surface area contributed by atoms with Crippen LogP contribution in [0.1, 0.15) is 17.0 Å². The zero-order chi connectivity index (χ0) is 13.1. The van der Waals surface area contributed by atoms with Crippen LogP contribution >= 0.6 is 11.8 Å². The van der Waals surface area contributed by atoms with Gasteiger partial charge in [0.05, 0.1) is 17.0 Å². The Kier molecular flexibility index (Phi) is 4.54. The molecule has 0 saturated heterocycles. The van der Waals surface area contributed by atoms with Crippen LogP contribution in [0.5, 0.6) is 0 Å². The molecule has 6 heteroatoms. The fourth-order valence-corrected chi connectivity index (χ4v) is 3.70. The molecule has 0 N–H and O–H groups in total. The van der Waals surface area contributed by atoms with Crippen molar-refractivity contribution in [3.05, 3.63) is 23.0 Å². The number of thioether (sulfide) groups is 1. The zero-order valence-electron chi connectivity index (χ0n) is 10.0. The van der Waals surface area contributed by atoms with E-state index in [-0.39, 0.29) is 5.75 Å². The average Bonchev–Trinajstić information content (AvgIpc) is 2.14. The highest BCUT2D eigenvalue weighted by atomic mass is 32.2. The minimum absolute atomic E-state index is 0.114. The van der Waals surface area contributed by atoms with E-state index in [0.717, 1.165) is 10.6 Å². The zero-order valence-corrected chi connectivity index (χ0v) is 11.7. The molecule has 0 radical (unpaired) electrons. The molecule has 0 unspecified atom stereocenters. The summed E-state index contributed by atoms with van der Waals surface area (Å²) < 4.78 is 22.0. The molecular weight excluding hydrogens is 256 g/mol. The minimum Gasteiger partial charge on any atom is -0.257 e. The lowest BCUT2D eigenvalue weighted by Crippen LogP contribution is -2.05. The van der Waals surface area contributed by atoms with Gasteiger partial charge in [0, 0.05) is 22.6 Å². The van der Waals surface area contributed by atoms with E-state index >= 15 is 0 Å². The third-order valence-corrected chi connectivity index (χ3v) is 4.36. The van der Waals surface area contributed by atoms with Crippen LogP contribution in [0.15, 0.2) is 11.0 Å². The van der Waals surface area contributed by atoms with E-state index < -0.39 is 9.84 Å². The molecule has 0 atom stereocenters. The molecule has 1 aromatic rings. The van der Waals surface area contributed by atoms with Gasteiger partial charge < -0.3 is 0 Å². The minimum atomic E-state index is -2.95. The maximum absolute atomic E-state index is 11.0. The maximum Gasteiger partial charge on any atom is 0.148 e. The molecule has 0 amide bonds. The van der Waals surface area contributed by atoms with Crippen molar-refractivity contribution in [3.63, 3.8) is 0 Å².